The number of fused-ring (bicyclic) bond motifs is 1. The molecule has 1 aliphatic rings. The third-order valence-electron chi connectivity index (χ3n) is 3.15. The molecule has 0 saturated carbocycles. The Morgan fingerprint density at radius 1 is 1.35 bits per heavy atom. The van der Waals surface area contributed by atoms with E-state index < -0.39 is 0 Å². The molecule has 2 aromatic rings. The molecule has 0 aromatic carbocycles. The molecule has 1 aliphatic heterocycles. The van der Waals surface area contributed by atoms with Crippen molar-refractivity contribution in [2.45, 2.75) is 13.0 Å². The van der Waals surface area contributed by atoms with Crippen LogP contribution in [-0.2, 0) is 0 Å². The minimum absolute atomic E-state index is 0.434. The first kappa shape index (κ1) is 10.4. The minimum atomic E-state index is 0.434. The zero-order valence-corrected chi connectivity index (χ0v) is 9.80. The van der Waals surface area contributed by atoms with Crippen molar-refractivity contribution in [1.82, 2.24) is 20.3 Å². The lowest BCUT2D eigenvalue weighted by Gasteiger charge is -2.35. The molecule has 1 N–H and O–H groups in total. The van der Waals surface area contributed by atoms with Gasteiger partial charge in [-0.05, 0) is 19.1 Å². The quantitative estimate of drug-likeness (QED) is 0.784. The third-order valence-corrected chi connectivity index (χ3v) is 3.15. The van der Waals surface area contributed by atoms with Gasteiger partial charge in [0.15, 0.2) is 5.82 Å². The molecule has 1 saturated heterocycles. The van der Waals surface area contributed by atoms with Crippen molar-refractivity contribution in [3.05, 3.63) is 24.7 Å². The summed E-state index contributed by atoms with van der Waals surface area (Å²) in [6, 6.07) is 4.31. The van der Waals surface area contributed by atoms with E-state index in [1.54, 1.807) is 12.5 Å². The van der Waals surface area contributed by atoms with Crippen LogP contribution in [0.5, 0.6) is 0 Å². The smallest absolute Gasteiger partial charge is 0.158 e. The van der Waals surface area contributed by atoms with Gasteiger partial charge >= 0.3 is 0 Å². The van der Waals surface area contributed by atoms with E-state index in [0.717, 1.165) is 36.5 Å². The molecule has 0 spiro atoms. The van der Waals surface area contributed by atoms with Crippen LogP contribution in [0.2, 0.25) is 0 Å². The molecule has 3 heterocycles. The number of piperazine rings is 1. The lowest BCUT2D eigenvalue weighted by Crippen LogP contribution is -2.50. The number of nitrogens with zero attached hydrogens (tertiary/aromatic N) is 4. The number of aromatic nitrogens is 3. The lowest BCUT2D eigenvalue weighted by atomic mass is 10.2. The van der Waals surface area contributed by atoms with Crippen molar-refractivity contribution < 1.29 is 0 Å². The van der Waals surface area contributed by atoms with Gasteiger partial charge in [0, 0.05) is 31.9 Å². The van der Waals surface area contributed by atoms with Crippen molar-refractivity contribution in [3.8, 4) is 0 Å². The van der Waals surface area contributed by atoms with Gasteiger partial charge in [-0.3, -0.25) is 4.98 Å². The van der Waals surface area contributed by atoms with Crippen LogP contribution in [0.4, 0.5) is 5.82 Å². The molecular formula is C12H15N5. The summed E-state index contributed by atoms with van der Waals surface area (Å²) in [4.78, 5) is 15.4. The highest BCUT2D eigenvalue weighted by Gasteiger charge is 2.21. The van der Waals surface area contributed by atoms with Crippen LogP contribution < -0.4 is 10.2 Å². The van der Waals surface area contributed by atoms with Crippen LogP contribution in [0.1, 0.15) is 6.92 Å². The monoisotopic (exact) mass is 229 g/mol. The van der Waals surface area contributed by atoms with Crippen LogP contribution in [-0.4, -0.2) is 40.6 Å². The number of rotatable bonds is 1. The average Bonchev–Trinajstić information content (AvgIpc) is 2.39. The Morgan fingerprint density at radius 3 is 3.18 bits per heavy atom. The van der Waals surface area contributed by atoms with Gasteiger partial charge < -0.3 is 10.2 Å². The van der Waals surface area contributed by atoms with Gasteiger partial charge in [-0.2, -0.15) is 0 Å². The van der Waals surface area contributed by atoms with E-state index in [0.29, 0.717) is 6.04 Å². The second kappa shape index (κ2) is 4.25. The number of hydrogen-bond acceptors (Lipinski definition) is 5. The van der Waals surface area contributed by atoms with Gasteiger partial charge in [0.1, 0.15) is 11.8 Å². The Bertz CT molecular complexity index is 522. The summed E-state index contributed by atoms with van der Waals surface area (Å²) in [6.07, 6.45) is 3.41. The summed E-state index contributed by atoms with van der Waals surface area (Å²) < 4.78 is 0. The Morgan fingerprint density at radius 2 is 2.29 bits per heavy atom. The number of anilines is 1. The molecule has 0 radical (unpaired) electrons. The van der Waals surface area contributed by atoms with E-state index in [1.165, 1.54) is 0 Å². The fourth-order valence-corrected chi connectivity index (χ4v) is 2.25. The van der Waals surface area contributed by atoms with Crippen molar-refractivity contribution in [2.24, 2.45) is 0 Å². The van der Waals surface area contributed by atoms with Gasteiger partial charge in [-0.1, -0.05) is 0 Å². The Labute approximate surface area is 99.9 Å². The van der Waals surface area contributed by atoms with Gasteiger partial charge in [-0.15, -0.1) is 0 Å². The molecule has 0 aliphatic carbocycles. The summed E-state index contributed by atoms with van der Waals surface area (Å²) in [7, 11) is 0. The summed E-state index contributed by atoms with van der Waals surface area (Å²) in [5.74, 6) is 0.949. The molecule has 0 amide bonds. The standard InChI is InChI=1S/C12H15N5/c1-9-7-13-5-6-17(9)12-11-10(15-8-16-12)3-2-4-14-11/h2-4,8-9,13H,5-7H2,1H3/t9-/m1/s1. The molecule has 5 heteroatoms. The van der Waals surface area contributed by atoms with E-state index >= 15 is 0 Å². The Kier molecular flexibility index (Phi) is 2.60. The average molecular weight is 229 g/mol. The third kappa shape index (κ3) is 1.82. The summed E-state index contributed by atoms with van der Waals surface area (Å²) in [6.45, 7) is 5.13. The zero-order valence-electron chi connectivity index (χ0n) is 9.80. The highest BCUT2D eigenvalue weighted by Crippen LogP contribution is 2.22. The molecule has 17 heavy (non-hydrogen) atoms. The summed E-state index contributed by atoms with van der Waals surface area (Å²) in [5, 5.41) is 3.38. The first-order chi connectivity index (χ1) is 8.36. The molecular weight excluding hydrogens is 214 g/mol. The van der Waals surface area contributed by atoms with Crippen LogP contribution in [0, 0.1) is 0 Å². The van der Waals surface area contributed by atoms with Crippen molar-refractivity contribution in [2.75, 3.05) is 24.5 Å². The van der Waals surface area contributed by atoms with E-state index in [2.05, 4.69) is 32.1 Å². The molecule has 0 bridgehead atoms. The van der Waals surface area contributed by atoms with Crippen LogP contribution in [0.3, 0.4) is 0 Å². The molecule has 1 fully saturated rings. The first-order valence-electron chi connectivity index (χ1n) is 5.89. The van der Waals surface area contributed by atoms with Gasteiger partial charge in [-0.25, -0.2) is 9.97 Å². The predicted molar refractivity (Wildman–Crippen MR) is 67.0 cm³/mol. The largest absolute Gasteiger partial charge is 0.349 e. The molecule has 1 atom stereocenters. The van der Waals surface area contributed by atoms with Crippen LogP contribution in [0.25, 0.3) is 11.0 Å². The number of hydrogen-bond donors (Lipinski definition) is 1. The maximum Gasteiger partial charge on any atom is 0.158 e. The zero-order chi connectivity index (χ0) is 11.7. The predicted octanol–water partition coefficient (Wildman–Crippen LogP) is 0.823. The maximum atomic E-state index is 4.41. The van der Waals surface area contributed by atoms with E-state index in [9.17, 15) is 0 Å². The molecule has 5 nitrogen and oxygen atoms in total. The summed E-state index contributed by atoms with van der Waals surface area (Å²) in [5.41, 5.74) is 1.80. The van der Waals surface area contributed by atoms with Gasteiger partial charge in [0.25, 0.3) is 0 Å². The normalized spacial score (nSPS) is 20.8. The molecule has 88 valence electrons. The minimum Gasteiger partial charge on any atom is -0.349 e. The van der Waals surface area contributed by atoms with E-state index in [-0.39, 0.29) is 0 Å². The lowest BCUT2D eigenvalue weighted by molar-refractivity contribution is 0.498. The summed E-state index contributed by atoms with van der Waals surface area (Å²) >= 11 is 0. The second-order valence-electron chi connectivity index (χ2n) is 4.31. The number of pyridine rings is 1. The Balaban J connectivity index is 2.10. The molecule has 3 rings (SSSR count). The SMILES string of the molecule is C[C@@H]1CNCCN1c1ncnc2cccnc12. The van der Waals surface area contributed by atoms with Gasteiger partial charge in [0.05, 0.1) is 5.52 Å². The molecule has 0 unspecified atom stereocenters. The number of nitrogens with one attached hydrogen (secondary N) is 1. The van der Waals surface area contributed by atoms with Crippen LogP contribution in [0.15, 0.2) is 24.7 Å². The fraction of sp³-hybridized carbons (Fsp3) is 0.417. The molecule has 2 aromatic heterocycles. The van der Waals surface area contributed by atoms with E-state index in [4.69, 9.17) is 0 Å². The van der Waals surface area contributed by atoms with Crippen LogP contribution >= 0.6 is 0 Å². The Hall–Kier alpha value is -1.75. The van der Waals surface area contributed by atoms with Crippen molar-refractivity contribution in [1.29, 1.82) is 0 Å². The highest BCUT2D eigenvalue weighted by molar-refractivity contribution is 5.85. The van der Waals surface area contributed by atoms with Crippen molar-refractivity contribution in [3.63, 3.8) is 0 Å². The highest BCUT2D eigenvalue weighted by atomic mass is 15.3. The van der Waals surface area contributed by atoms with Crippen molar-refractivity contribution >= 4 is 16.9 Å². The first-order valence-corrected chi connectivity index (χ1v) is 5.89. The topological polar surface area (TPSA) is 53.9 Å². The maximum absolute atomic E-state index is 4.41. The van der Waals surface area contributed by atoms with E-state index in [1.807, 2.05) is 12.1 Å². The fourth-order valence-electron chi connectivity index (χ4n) is 2.25. The van der Waals surface area contributed by atoms with Gasteiger partial charge in [0.2, 0.25) is 0 Å². The second-order valence-corrected chi connectivity index (χ2v) is 4.31.